The summed E-state index contributed by atoms with van der Waals surface area (Å²) >= 11 is 1.81. The number of hydrogen-bond donors (Lipinski definition) is 0. The van der Waals surface area contributed by atoms with E-state index in [1.807, 2.05) is 24.0 Å². The van der Waals surface area contributed by atoms with Crippen LogP contribution in [0.3, 0.4) is 0 Å². The number of hydrogen-bond acceptors (Lipinski definition) is 4. The molecular formula is C16H22ClN3OS. The molecule has 0 aliphatic carbocycles. The lowest BCUT2D eigenvalue weighted by molar-refractivity contribution is 0.402. The summed E-state index contributed by atoms with van der Waals surface area (Å²) in [5.41, 5.74) is 1.28. The van der Waals surface area contributed by atoms with Gasteiger partial charge < -0.3 is 15.3 Å². The van der Waals surface area contributed by atoms with Crippen LogP contribution in [0, 0.1) is 0 Å². The van der Waals surface area contributed by atoms with Gasteiger partial charge in [-0.05, 0) is 51.3 Å². The van der Waals surface area contributed by atoms with Gasteiger partial charge >= 0.3 is 0 Å². The van der Waals surface area contributed by atoms with Crippen LogP contribution >= 0.6 is 24.2 Å². The summed E-state index contributed by atoms with van der Waals surface area (Å²) in [6.07, 6.45) is 3.01. The second-order valence-electron chi connectivity index (χ2n) is 5.20. The second kappa shape index (κ2) is 8.39. The van der Waals surface area contributed by atoms with Crippen LogP contribution in [0.4, 0.5) is 11.5 Å². The summed E-state index contributed by atoms with van der Waals surface area (Å²) in [6.45, 7) is 2.09. The van der Waals surface area contributed by atoms with Gasteiger partial charge in [0, 0.05) is 17.6 Å². The molecule has 0 saturated heterocycles. The van der Waals surface area contributed by atoms with Crippen LogP contribution in [0.25, 0.3) is 0 Å². The normalized spacial score (nSPS) is 12.0. The first-order valence-electron chi connectivity index (χ1n) is 6.90. The van der Waals surface area contributed by atoms with Crippen LogP contribution < -0.4 is 4.90 Å². The molecule has 1 aromatic carbocycles. The fourth-order valence-corrected chi connectivity index (χ4v) is 3.50. The van der Waals surface area contributed by atoms with E-state index in [2.05, 4.69) is 59.2 Å². The Hall–Kier alpha value is -1.27. The second-order valence-corrected chi connectivity index (χ2v) is 6.29. The van der Waals surface area contributed by atoms with E-state index >= 15 is 0 Å². The fraction of sp³-hybridized carbons (Fsp3) is 0.312. The first-order chi connectivity index (χ1) is 9.75. The van der Waals surface area contributed by atoms with E-state index in [0.717, 1.165) is 25.3 Å². The van der Waals surface area contributed by atoms with E-state index in [-0.39, 0.29) is 17.9 Å². The number of anilines is 2. The van der Waals surface area contributed by atoms with Gasteiger partial charge in [-0.2, -0.15) is 0 Å². The molecule has 0 amide bonds. The number of halogens is 1. The van der Waals surface area contributed by atoms with Crippen molar-refractivity contribution in [3.63, 3.8) is 0 Å². The molecule has 0 bridgehead atoms. The quantitative estimate of drug-likeness (QED) is 0.858. The van der Waals surface area contributed by atoms with Crippen LogP contribution in [0.1, 0.15) is 6.42 Å². The molecule has 0 radical (unpaired) electrons. The van der Waals surface area contributed by atoms with Crippen molar-refractivity contribution in [1.29, 1.82) is 0 Å². The average molecular weight is 340 g/mol. The van der Waals surface area contributed by atoms with Crippen LogP contribution in [0.5, 0.6) is 0 Å². The summed E-state index contributed by atoms with van der Waals surface area (Å²) in [4.78, 5) is 11.7. The number of rotatable bonds is 4. The predicted molar refractivity (Wildman–Crippen MR) is 95.8 cm³/mol. The van der Waals surface area contributed by atoms with Crippen LogP contribution in [0.2, 0.25) is 0 Å². The van der Waals surface area contributed by atoms with Crippen LogP contribution in [-0.2, 0) is 0 Å². The van der Waals surface area contributed by atoms with E-state index in [4.69, 9.17) is 0 Å². The van der Waals surface area contributed by atoms with Crippen molar-refractivity contribution >= 4 is 35.7 Å². The minimum atomic E-state index is 0. The molecule has 1 aliphatic rings. The predicted octanol–water partition coefficient (Wildman–Crippen LogP) is 3.23. The van der Waals surface area contributed by atoms with E-state index < -0.39 is 0 Å². The maximum atomic E-state index is 4.59. The van der Waals surface area contributed by atoms with Gasteiger partial charge in [-0.3, -0.25) is 0 Å². The Morgan fingerprint density at radius 2 is 1.82 bits per heavy atom. The smallest absolute Gasteiger partial charge is 0.147 e. The molecule has 4 nitrogen and oxygen atoms in total. The molecule has 1 aliphatic heterocycles. The summed E-state index contributed by atoms with van der Waals surface area (Å²) in [7, 11) is 4.23. The van der Waals surface area contributed by atoms with Gasteiger partial charge in [0.05, 0.1) is 10.6 Å². The summed E-state index contributed by atoms with van der Waals surface area (Å²) < 4.78 is 0. The Morgan fingerprint density at radius 1 is 1.09 bits per heavy atom. The molecule has 2 heterocycles. The van der Waals surface area contributed by atoms with E-state index in [1.54, 1.807) is 0 Å². The van der Waals surface area contributed by atoms with Crippen molar-refractivity contribution in [3.05, 3.63) is 42.6 Å². The van der Waals surface area contributed by atoms with Crippen molar-refractivity contribution in [2.45, 2.75) is 16.2 Å². The number of nitrogens with zero attached hydrogens (tertiary/aromatic N) is 3. The molecular weight excluding hydrogens is 318 g/mol. The van der Waals surface area contributed by atoms with Gasteiger partial charge in [0.1, 0.15) is 5.82 Å². The third-order valence-corrected chi connectivity index (χ3v) is 4.47. The molecule has 6 heteroatoms. The number of aromatic nitrogens is 1. The van der Waals surface area contributed by atoms with Gasteiger partial charge in [0.15, 0.2) is 0 Å². The largest absolute Gasteiger partial charge is 0.412 e. The highest BCUT2D eigenvalue weighted by Gasteiger charge is 2.23. The molecule has 3 rings (SSSR count). The highest BCUT2D eigenvalue weighted by atomic mass is 35.5. The summed E-state index contributed by atoms with van der Waals surface area (Å²) in [5, 5.41) is 0. The summed E-state index contributed by atoms with van der Waals surface area (Å²) in [6, 6.07) is 12.8. The highest BCUT2D eigenvalue weighted by molar-refractivity contribution is 7.99. The maximum absolute atomic E-state index is 4.59. The molecule has 120 valence electrons. The van der Waals surface area contributed by atoms with Crippen LogP contribution in [-0.4, -0.2) is 42.5 Å². The van der Waals surface area contributed by atoms with E-state index in [0.29, 0.717) is 0 Å². The number of pyridine rings is 1. The Labute approximate surface area is 142 Å². The SMILES string of the molecule is CN(C)CCCN1c2ccccc2Sc2cccnc21.Cl.O. The molecule has 0 fully saturated rings. The number of fused-ring (bicyclic) bond motifs is 2. The number of para-hydroxylation sites is 1. The van der Waals surface area contributed by atoms with Gasteiger partial charge in [0.2, 0.25) is 0 Å². The zero-order valence-electron chi connectivity index (χ0n) is 12.8. The number of benzene rings is 1. The maximum Gasteiger partial charge on any atom is 0.147 e. The lowest BCUT2D eigenvalue weighted by Crippen LogP contribution is -2.26. The van der Waals surface area contributed by atoms with E-state index in [9.17, 15) is 0 Å². The van der Waals surface area contributed by atoms with Gasteiger partial charge in [-0.15, -0.1) is 12.4 Å². The minimum Gasteiger partial charge on any atom is -0.412 e. The molecule has 0 saturated carbocycles. The Balaban J connectivity index is 0.00000121. The molecule has 0 spiro atoms. The zero-order valence-corrected chi connectivity index (χ0v) is 14.5. The van der Waals surface area contributed by atoms with Crippen molar-refractivity contribution in [2.75, 3.05) is 32.1 Å². The van der Waals surface area contributed by atoms with Gasteiger partial charge in [-0.25, -0.2) is 4.98 Å². The Bertz CT molecular complexity index is 564. The van der Waals surface area contributed by atoms with Crippen molar-refractivity contribution in [2.24, 2.45) is 0 Å². The molecule has 2 aromatic rings. The lowest BCUT2D eigenvalue weighted by atomic mass is 10.2. The zero-order chi connectivity index (χ0) is 13.9. The Morgan fingerprint density at radius 3 is 2.59 bits per heavy atom. The monoisotopic (exact) mass is 339 g/mol. The first-order valence-corrected chi connectivity index (χ1v) is 7.71. The Kier molecular flexibility index (Phi) is 7.16. The molecule has 22 heavy (non-hydrogen) atoms. The fourth-order valence-electron chi connectivity index (χ4n) is 2.44. The topological polar surface area (TPSA) is 50.9 Å². The van der Waals surface area contributed by atoms with Gasteiger partial charge in [-0.1, -0.05) is 23.9 Å². The standard InChI is InChI=1S/C16H19N3S.ClH.H2O/c1-18(2)11-6-12-19-13-7-3-4-8-14(13)20-15-9-5-10-17-16(15)19;;/h3-5,7-10H,6,11-12H2,1-2H3;1H;1H2. The average Bonchev–Trinajstić information content (AvgIpc) is 2.46. The third kappa shape index (κ3) is 3.93. The van der Waals surface area contributed by atoms with Gasteiger partial charge in [0.25, 0.3) is 0 Å². The van der Waals surface area contributed by atoms with Crippen molar-refractivity contribution < 1.29 is 5.48 Å². The minimum absolute atomic E-state index is 0. The first kappa shape index (κ1) is 18.8. The molecule has 0 atom stereocenters. The van der Waals surface area contributed by atoms with Crippen molar-refractivity contribution in [1.82, 2.24) is 9.88 Å². The third-order valence-electron chi connectivity index (χ3n) is 3.37. The van der Waals surface area contributed by atoms with Crippen LogP contribution in [0.15, 0.2) is 52.4 Å². The molecule has 1 aromatic heterocycles. The van der Waals surface area contributed by atoms with Crippen molar-refractivity contribution in [3.8, 4) is 0 Å². The van der Waals surface area contributed by atoms with E-state index in [1.165, 1.54) is 15.5 Å². The highest BCUT2D eigenvalue weighted by Crippen LogP contribution is 2.46. The molecule has 0 unspecified atom stereocenters. The molecule has 2 N–H and O–H groups in total. The summed E-state index contributed by atoms with van der Waals surface area (Å²) in [5.74, 6) is 1.09. The lowest BCUT2D eigenvalue weighted by Gasteiger charge is -2.31.